The van der Waals surface area contributed by atoms with Gasteiger partial charge in [0, 0.05) is 26.1 Å². The van der Waals surface area contributed by atoms with Crippen LogP contribution in [0.25, 0.3) is 0 Å². The standard InChI is InChI=1S/C16H25N3O2/c1-3-5-13-14(15(11-7-8-11)18-19(13)2)16(20)17-10-12-6-4-9-21-12/h11-12H,3-10H2,1-2H3,(H,17,20). The fourth-order valence-corrected chi connectivity index (χ4v) is 3.10. The van der Waals surface area contributed by atoms with Crippen LogP contribution in [0.1, 0.15) is 66.7 Å². The number of amides is 1. The van der Waals surface area contributed by atoms with Gasteiger partial charge < -0.3 is 10.1 Å². The first kappa shape index (κ1) is 14.6. The number of carbonyl (C=O) groups excluding carboxylic acids is 1. The van der Waals surface area contributed by atoms with Gasteiger partial charge in [-0.25, -0.2) is 0 Å². The maximum Gasteiger partial charge on any atom is 0.255 e. The molecule has 0 radical (unpaired) electrons. The minimum absolute atomic E-state index is 0.0314. The van der Waals surface area contributed by atoms with Gasteiger partial charge in [-0.15, -0.1) is 0 Å². The van der Waals surface area contributed by atoms with Crippen LogP contribution < -0.4 is 5.32 Å². The minimum Gasteiger partial charge on any atom is -0.376 e. The third-order valence-electron chi connectivity index (χ3n) is 4.39. The molecule has 1 saturated heterocycles. The van der Waals surface area contributed by atoms with Gasteiger partial charge in [-0.05, 0) is 32.1 Å². The molecule has 1 atom stereocenters. The molecule has 0 bridgehead atoms. The molecule has 1 amide bonds. The highest BCUT2D eigenvalue weighted by Gasteiger charge is 2.33. The first-order valence-corrected chi connectivity index (χ1v) is 8.16. The van der Waals surface area contributed by atoms with Crippen LogP contribution in [0, 0.1) is 0 Å². The summed E-state index contributed by atoms with van der Waals surface area (Å²) in [6, 6.07) is 0. The number of nitrogens with one attached hydrogen (secondary N) is 1. The van der Waals surface area contributed by atoms with E-state index in [0.29, 0.717) is 12.5 Å². The highest BCUT2D eigenvalue weighted by atomic mass is 16.5. The number of hydrogen-bond acceptors (Lipinski definition) is 3. The summed E-state index contributed by atoms with van der Waals surface area (Å²) in [6.45, 7) is 3.57. The Morgan fingerprint density at radius 3 is 2.86 bits per heavy atom. The quantitative estimate of drug-likeness (QED) is 0.874. The molecular formula is C16H25N3O2. The van der Waals surface area contributed by atoms with E-state index in [4.69, 9.17) is 4.74 Å². The van der Waals surface area contributed by atoms with Crippen molar-refractivity contribution in [3.8, 4) is 0 Å². The monoisotopic (exact) mass is 291 g/mol. The predicted molar refractivity (Wildman–Crippen MR) is 80.5 cm³/mol. The summed E-state index contributed by atoms with van der Waals surface area (Å²) >= 11 is 0. The molecule has 2 fully saturated rings. The van der Waals surface area contributed by atoms with Crippen LogP contribution in [-0.4, -0.2) is 34.9 Å². The van der Waals surface area contributed by atoms with E-state index in [1.807, 2.05) is 11.7 Å². The summed E-state index contributed by atoms with van der Waals surface area (Å²) < 4.78 is 7.48. The van der Waals surface area contributed by atoms with Gasteiger partial charge in [0.2, 0.25) is 0 Å². The molecule has 1 unspecified atom stereocenters. The van der Waals surface area contributed by atoms with Crippen molar-refractivity contribution in [2.45, 2.75) is 57.5 Å². The smallest absolute Gasteiger partial charge is 0.255 e. The van der Waals surface area contributed by atoms with Gasteiger partial charge in [-0.2, -0.15) is 5.10 Å². The van der Waals surface area contributed by atoms with E-state index in [2.05, 4.69) is 17.3 Å². The summed E-state index contributed by atoms with van der Waals surface area (Å²) in [4.78, 5) is 12.6. The van der Waals surface area contributed by atoms with Gasteiger partial charge >= 0.3 is 0 Å². The predicted octanol–water partition coefficient (Wildman–Crippen LogP) is 2.16. The van der Waals surface area contributed by atoms with Crippen molar-refractivity contribution in [2.24, 2.45) is 7.05 Å². The average Bonchev–Trinajstić information content (AvgIpc) is 3.08. The van der Waals surface area contributed by atoms with Crippen molar-refractivity contribution >= 4 is 5.91 Å². The summed E-state index contributed by atoms with van der Waals surface area (Å²) in [6.07, 6.45) is 6.58. The fraction of sp³-hybridized carbons (Fsp3) is 0.750. The Bertz CT molecular complexity index is 514. The molecule has 3 rings (SSSR count). The summed E-state index contributed by atoms with van der Waals surface area (Å²) in [5.74, 6) is 0.522. The second-order valence-corrected chi connectivity index (χ2v) is 6.20. The normalized spacial score (nSPS) is 21.7. The Balaban J connectivity index is 1.76. The first-order chi connectivity index (χ1) is 10.2. The lowest BCUT2D eigenvalue weighted by Crippen LogP contribution is -2.32. The van der Waals surface area contributed by atoms with Gasteiger partial charge in [0.15, 0.2) is 0 Å². The lowest BCUT2D eigenvalue weighted by Gasteiger charge is -2.12. The molecule has 2 aliphatic rings. The van der Waals surface area contributed by atoms with Gasteiger partial charge in [-0.1, -0.05) is 13.3 Å². The number of nitrogens with zero attached hydrogens (tertiary/aromatic N) is 2. The molecular weight excluding hydrogens is 266 g/mol. The van der Waals surface area contributed by atoms with E-state index in [1.165, 1.54) is 0 Å². The Labute approximate surface area is 126 Å². The Morgan fingerprint density at radius 1 is 1.43 bits per heavy atom. The zero-order valence-corrected chi connectivity index (χ0v) is 13.0. The SMILES string of the molecule is CCCc1c(C(=O)NCC2CCCO2)c(C2CC2)nn1C. The third-order valence-corrected chi connectivity index (χ3v) is 4.39. The number of carbonyl (C=O) groups is 1. The molecule has 5 heteroatoms. The molecule has 1 aliphatic carbocycles. The molecule has 2 heterocycles. The lowest BCUT2D eigenvalue weighted by molar-refractivity contribution is 0.0856. The number of aryl methyl sites for hydroxylation is 1. The summed E-state index contributed by atoms with van der Waals surface area (Å²) in [5.41, 5.74) is 2.91. The topological polar surface area (TPSA) is 56.1 Å². The van der Waals surface area contributed by atoms with Crippen LogP contribution in [0.4, 0.5) is 0 Å². The highest BCUT2D eigenvalue weighted by Crippen LogP contribution is 2.41. The average molecular weight is 291 g/mol. The van der Waals surface area contributed by atoms with Gasteiger partial charge in [-0.3, -0.25) is 9.48 Å². The van der Waals surface area contributed by atoms with Crippen molar-refractivity contribution in [3.05, 3.63) is 17.0 Å². The number of hydrogen-bond donors (Lipinski definition) is 1. The minimum atomic E-state index is 0.0314. The molecule has 0 aromatic carbocycles. The molecule has 1 saturated carbocycles. The summed E-state index contributed by atoms with van der Waals surface area (Å²) in [7, 11) is 1.95. The van der Waals surface area contributed by atoms with Crippen molar-refractivity contribution in [2.75, 3.05) is 13.2 Å². The third kappa shape index (κ3) is 3.12. The van der Waals surface area contributed by atoms with Crippen molar-refractivity contribution in [1.82, 2.24) is 15.1 Å². The van der Waals surface area contributed by atoms with Crippen LogP contribution in [0.5, 0.6) is 0 Å². The first-order valence-electron chi connectivity index (χ1n) is 8.16. The second kappa shape index (κ2) is 6.18. The van der Waals surface area contributed by atoms with Gasteiger partial charge in [0.05, 0.1) is 23.1 Å². The zero-order valence-electron chi connectivity index (χ0n) is 13.0. The molecule has 1 N–H and O–H groups in total. The molecule has 116 valence electrons. The highest BCUT2D eigenvalue weighted by molar-refractivity contribution is 5.96. The molecule has 1 aromatic heterocycles. The van der Waals surface area contributed by atoms with Crippen LogP contribution in [-0.2, 0) is 18.2 Å². The van der Waals surface area contributed by atoms with Crippen molar-refractivity contribution in [1.29, 1.82) is 0 Å². The van der Waals surface area contributed by atoms with E-state index < -0.39 is 0 Å². The van der Waals surface area contributed by atoms with Gasteiger partial charge in [0.1, 0.15) is 0 Å². The van der Waals surface area contributed by atoms with Crippen molar-refractivity contribution in [3.63, 3.8) is 0 Å². The molecule has 5 nitrogen and oxygen atoms in total. The zero-order chi connectivity index (χ0) is 14.8. The molecule has 1 aliphatic heterocycles. The lowest BCUT2D eigenvalue weighted by atomic mass is 10.1. The van der Waals surface area contributed by atoms with Crippen LogP contribution in [0.2, 0.25) is 0 Å². The Morgan fingerprint density at radius 2 is 2.24 bits per heavy atom. The van der Waals surface area contributed by atoms with Gasteiger partial charge in [0.25, 0.3) is 5.91 Å². The Kier molecular flexibility index (Phi) is 4.29. The van der Waals surface area contributed by atoms with E-state index in [0.717, 1.165) is 62.1 Å². The van der Waals surface area contributed by atoms with Crippen LogP contribution in [0.15, 0.2) is 0 Å². The van der Waals surface area contributed by atoms with E-state index in [9.17, 15) is 4.79 Å². The molecule has 0 spiro atoms. The van der Waals surface area contributed by atoms with E-state index >= 15 is 0 Å². The number of rotatable bonds is 6. The van der Waals surface area contributed by atoms with E-state index in [1.54, 1.807) is 0 Å². The summed E-state index contributed by atoms with van der Waals surface area (Å²) in [5, 5.41) is 7.68. The molecule has 21 heavy (non-hydrogen) atoms. The fourth-order valence-electron chi connectivity index (χ4n) is 3.10. The maximum absolute atomic E-state index is 12.6. The largest absolute Gasteiger partial charge is 0.376 e. The number of ether oxygens (including phenoxy) is 1. The van der Waals surface area contributed by atoms with Crippen LogP contribution >= 0.6 is 0 Å². The van der Waals surface area contributed by atoms with Crippen molar-refractivity contribution < 1.29 is 9.53 Å². The second-order valence-electron chi connectivity index (χ2n) is 6.20. The Hall–Kier alpha value is -1.36. The van der Waals surface area contributed by atoms with Crippen LogP contribution in [0.3, 0.4) is 0 Å². The molecule has 1 aromatic rings. The van der Waals surface area contributed by atoms with E-state index in [-0.39, 0.29) is 12.0 Å². The number of aromatic nitrogens is 2. The maximum atomic E-state index is 12.6.